The zero-order valence-corrected chi connectivity index (χ0v) is 12.7. The quantitative estimate of drug-likeness (QED) is 0.644. The van der Waals surface area contributed by atoms with Crippen molar-refractivity contribution >= 4 is 0 Å². The molecule has 0 unspecified atom stereocenters. The molecule has 4 rings (SSSR count). The molecule has 0 aromatic heterocycles. The second-order valence-electron chi connectivity index (χ2n) is 7.65. The molecule has 0 saturated heterocycles. The van der Waals surface area contributed by atoms with Gasteiger partial charge in [0.05, 0.1) is 0 Å². The van der Waals surface area contributed by atoms with E-state index >= 15 is 0 Å². The summed E-state index contributed by atoms with van der Waals surface area (Å²) in [5.74, 6) is 1.06. The minimum atomic E-state index is 0.532. The third kappa shape index (κ3) is 1.80. The summed E-state index contributed by atoms with van der Waals surface area (Å²) in [7, 11) is 0. The van der Waals surface area contributed by atoms with Gasteiger partial charge in [0, 0.05) is 5.41 Å². The second kappa shape index (κ2) is 4.90. The first-order chi connectivity index (χ1) is 9.87. The van der Waals surface area contributed by atoms with E-state index in [0.717, 1.165) is 5.92 Å². The van der Waals surface area contributed by atoms with Crippen molar-refractivity contribution < 1.29 is 0 Å². The fourth-order valence-electron chi connectivity index (χ4n) is 5.91. The van der Waals surface area contributed by atoms with E-state index in [9.17, 15) is 0 Å². The molecule has 20 heavy (non-hydrogen) atoms. The Labute approximate surface area is 124 Å². The van der Waals surface area contributed by atoms with Crippen molar-refractivity contribution in [3.63, 3.8) is 0 Å². The lowest BCUT2D eigenvalue weighted by atomic mass is 9.51. The molecule has 0 radical (unpaired) electrons. The van der Waals surface area contributed by atoms with E-state index < -0.39 is 0 Å². The van der Waals surface area contributed by atoms with Crippen LogP contribution in [-0.2, 0) is 5.41 Å². The van der Waals surface area contributed by atoms with E-state index in [4.69, 9.17) is 0 Å². The van der Waals surface area contributed by atoms with Crippen LogP contribution in [-0.4, -0.2) is 0 Å². The molecule has 0 bridgehead atoms. The summed E-state index contributed by atoms with van der Waals surface area (Å²) in [5.41, 5.74) is 2.90. The lowest BCUT2D eigenvalue weighted by Gasteiger charge is -2.53. The number of hydrogen-bond donors (Lipinski definition) is 0. The van der Waals surface area contributed by atoms with Crippen LogP contribution in [0.2, 0.25) is 0 Å². The van der Waals surface area contributed by atoms with Gasteiger partial charge in [0.15, 0.2) is 0 Å². The predicted molar refractivity (Wildman–Crippen MR) is 84.8 cm³/mol. The van der Waals surface area contributed by atoms with Crippen LogP contribution in [0.1, 0.15) is 76.2 Å². The van der Waals surface area contributed by atoms with Gasteiger partial charge in [-0.25, -0.2) is 0 Å². The molecule has 0 atom stereocenters. The van der Waals surface area contributed by atoms with Gasteiger partial charge < -0.3 is 0 Å². The van der Waals surface area contributed by atoms with E-state index in [0.29, 0.717) is 10.8 Å². The van der Waals surface area contributed by atoms with Crippen LogP contribution in [0.3, 0.4) is 0 Å². The summed E-state index contributed by atoms with van der Waals surface area (Å²) in [5, 5.41) is 0. The Hall–Kier alpha value is -0.780. The van der Waals surface area contributed by atoms with Crippen molar-refractivity contribution in [1.82, 2.24) is 0 Å². The predicted octanol–water partition coefficient (Wildman–Crippen LogP) is 5.86. The minimum absolute atomic E-state index is 0.532. The molecule has 108 valence electrons. The van der Waals surface area contributed by atoms with Gasteiger partial charge in [-0.05, 0) is 55.4 Å². The highest BCUT2D eigenvalue weighted by molar-refractivity contribution is 5.32. The van der Waals surface area contributed by atoms with Gasteiger partial charge in [0.1, 0.15) is 0 Å². The smallest absolute Gasteiger partial charge is 0.00120 e. The number of rotatable bonds is 3. The summed E-state index contributed by atoms with van der Waals surface area (Å²) >= 11 is 0. The molecule has 0 spiro atoms. The maximum absolute atomic E-state index is 2.45. The average Bonchev–Trinajstić information content (AvgIpc) is 3.27. The van der Waals surface area contributed by atoms with Crippen LogP contribution in [0, 0.1) is 11.3 Å². The standard InChI is InChI=1S/C20H28/c1-3-9-17(10-4-1)19(13-5-2-6-14-19)20(18-11-12-18)15-7-8-16-20/h1,3-4,9-10,18H,2,5-8,11-16H2. The summed E-state index contributed by atoms with van der Waals surface area (Å²) in [6.07, 6.45) is 16.4. The number of hydrogen-bond acceptors (Lipinski definition) is 0. The molecule has 0 N–H and O–H groups in total. The van der Waals surface area contributed by atoms with Crippen LogP contribution >= 0.6 is 0 Å². The molecule has 1 aromatic rings. The highest BCUT2D eigenvalue weighted by Gasteiger charge is 2.59. The maximum Gasteiger partial charge on any atom is 0.00120 e. The van der Waals surface area contributed by atoms with E-state index in [1.165, 1.54) is 70.6 Å². The normalized spacial score (nSPS) is 28.4. The molecular weight excluding hydrogens is 240 g/mol. The van der Waals surface area contributed by atoms with Crippen molar-refractivity contribution in [1.29, 1.82) is 0 Å². The lowest BCUT2D eigenvalue weighted by Crippen LogP contribution is -2.47. The molecule has 0 amide bonds. The van der Waals surface area contributed by atoms with E-state index in [2.05, 4.69) is 30.3 Å². The Morgan fingerprint density at radius 1 is 0.700 bits per heavy atom. The van der Waals surface area contributed by atoms with Crippen LogP contribution < -0.4 is 0 Å². The molecule has 3 aliphatic carbocycles. The summed E-state index contributed by atoms with van der Waals surface area (Å²) in [6, 6.07) is 11.7. The van der Waals surface area contributed by atoms with Gasteiger partial charge in [-0.2, -0.15) is 0 Å². The van der Waals surface area contributed by atoms with Gasteiger partial charge >= 0.3 is 0 Å². The minimum Gasteiger partial charge on any atom is -0.0622 e. The fraction of sp³-hybridized carbons (Fsp3) is 0.700. The van der Waals surface area contributed by atoms with Crippen molar-refractivity contribution in [3.05, 3.63) is 35.9 Å². The highest BCUT2D eigenvalue weighted by atomic mass is 14.6. The Bertz CT molecular complexity index is 442. The Morgan fingerprint density at radius 3 is 1.90 bits per heavy atom. The van der Waals surface area contributed by atoms with Crippen molar-refractivity contribution in [2.45, 2.75) is 76.0 Å². The first kappa shape index (κ1) is 12.9. The van der Waals surface area contributed by atoms with Crippen LogP contribution in [0.15, 0.2) is 30.3 Å². The third-order valence-corrected chi connectivity index (χ3v) is 6.84. The van der Waals surface area contributed by atoms with E-state index in [1.54, 1.807) is 5.56 Å². The summed E-state index contributed by atoms with van der Waals surface area (Å²) in [4.78, 5) is 0. The van der Waals surface area contributed by atoms with Crippen molar-refractivity contribution in [2.24, 2.45) is 11.3 Å². The van der Waals surface area contributed by atoms with Gasteiger partial charge in [-0.15, -0.1) is 0 Å². The Morgan fingerprint density at radius 2 is 1.30 bits per heavy atom. The maximum atomic E-state index is 2.45. The molecular formula is C20H28. The fourth-order valence-corrected chi connectivity index (χ4v) is 5.91. The molecule has 3 saturated carbocycles. The molecule has 3 aliphatic rings. The zero-order chi connectivity index (χ0) is 13.5. The Kier molecular flexibility index (Phi) is 3.16. The third-order valence-electron chi connectivity index (χ3n) is 6.84. The molecule has 0 heteroatoms. The monoisotopic (exact) mass is 268 g/mol. The summed E-state index contributed by atoms with van der Waals surface area (Å²) in [6.45, 7) is 0. The molecule has 0 aliphatic heterocycles. The number of benzene rings is 1. The second-order valence-corrected chi connectivity index (χ2v) is 7.65. The first-order valence-corrected chi connectivity index (χ1v) is 8.93. The lowest BCUT2D eigenvalue weighted by molar-refractivity contribution is 0.0524. The Balaban J connectivity index is 1.81. The highest BCUT2D eigenvalue weighted by Crippen LogP contribution is 2.67. The average molecular weight is 268 g/mol. The van der Waals surface area contributed by atoms with Gasteiger partial charge in [-0.1, -0.05) is 62.4 Å². The SMILES string of the molecule is c1ccc(C2(C3(C4CC4)CCCC3)CCCCC2)cc1. The van der Waals surface area contributed by atoms with E-state index in [-0.39, 0.29) is 0 Å². The van der Waals surface area contributed by atoms with Gasteiger partial charge in [0.25, 0.3) is 0 Å². The summed E-state index contributed by atoms with van der Waals surface area (Å²) < 4.78 is 0. The molecule has 1 aromatic carbocycles. The van der Waals surface area contributed by atoms with E-state index in [1.807, 2.05) is 0 Å². The zero-order valence-electron chi connectivity index (χ0n) is 12.7. The first-order valence-electron chi connectivity index (χ1n) is 8.93. The molecule has 0 nitrogen and oxygen atoms in total. The molecule has 0 heterocycles. The van der Waals surface area contributed by atoms with Crippen molar-refractivity contribution in [2.75, 3.05) is 0 Å². The largest absolute Gasteiger partial charge is 0.0622 e. The van der Waals surface area contributed by atoms with Crippen LogP contribution in [0.25, 0.3) is 0 Å². The van der Waals surface area contributed by atoms with Crippen LogP contribution in [0.5, 0.6) is 0 Å². The van der Waals surface area contributed by atoms with Gasteiger partial charge in [-0.3, -0.25) is 0 Å². The van der Waals surface area contributed by atoms with Crippen LogP contribution in [0.4, 0.5) is 0 Å². The molecule has 3 fully saturated rings. The topological polar surface area (TPSA) is 0 Å². The van der Waals surface area contributed by atoms with Gasteiger partial charge in [0.2, 0.25) is 0 Å². The van der Waals surface area contributed by atoms with Crippen molar-refractivity contribution in [3.8, 4) is 0 Å².